The minimum Gasteiger partial charge on any atom is -0.389 e. The fourth-order valence-corrected chi connectivity index (χ4v) is 4.49. The molecule has 2 fully saturated rings. The van der Waals surface area contributed by atoms with E-state index in [9.17, 15) is 9.90 Å². The largest absolute Gasteiger partial charge is 0.389 e. The molecule has 0 spiro atoms. The molecule has 1 aliphatic heterocycles. The molecule has 1 amide bonds. The van der Waals surface area contributed by atoms with Gasteiger partial charge in [-0.05, 0) is 38.1 Å². The molecule has 1 atom stereocenters. The van der Waals surface area contributed by atoms with E-state index in [1.165, 1.54) is 24.2 Å². The molecule has 1 saturated heterocycles. The lowest BCUT2D eigenvalue weighted by Gasteiger charge is -2.30. The van der Waals surface area contributed by atoms with Gasteiger partial charge < -0.3 is 10.4 Å². The fraction of sp³-hybridized carbons (Fsp3) is 0.765. The molecular formula is C17H27N3O2S. The van der Waals surface area contributed by atoms with Gasteiger partial charge in [-0.1, -0.05) is 19.8 Å². The second-order valence-electron chi connectivity index (χ2n) is 7.28. The lowest BCUT2D eigenvalue weighted by atomic mass is 9.98. The van der Waals surface area contributed by atoms with Gasteiger partial charge in [-0.3, -0.25) is 9.69 Å². The number of hydrogen-bond donors (Lipinski definition) is 2. The summed E-state index contributed by atoms with van der Waals surface area (Å²) in [5.41, 5.74) is 0.229. The normalized spacial score (nSPS) is 24.7. The van der Waals surface area contributed by atoms with Gasteiger partial charge in [0.15, 0.2) is 5.13 Å². The number of aromatic nitrogens is 1. The van der Waals surface area contributed by atoms with Crippen molar-refractivity contribution in [3.63, 3.8) is 0 Å². The average molecular weight is 337 g/mol. The Kier molecular flexibility index (Phi) is 5.34. The molecule has 1 saturated carbocycles. The maximum atomic E-state index is 12.1. The van der Waals surface area contributed by atoms with E-state index in [4.69, 9.17) is 0 Å². The minimum absolute atomic E-state index is 0.123. The van der Waals surface area contributed by atoms with Crippen LogP contribution >= 0.6 is 11.3 Å². The van der Waals surface area contributed by atoms with Crippen LogP contribution in [0.1, 0.15) is 57.6 Å². The van der Waals surface area contributed by atoms with Crippen molar-refractivity contribution in [2.75, 3.05) is 18.4 Å². The third-order valence-electron chi connectivity index (χ3n) is 4.95. The number of nitrogens with zero attached hydrogens (tertiary/aromatic N) is 2. The van der Waals surface area contributed by atoms with E-state index in [1.54, 1.807) is 0 Å². The van der Waals surface area contributed by atoms with Gasteiger partial charge in [0.25, 0.3) is 0 Å². The zero-order valence-electron chi connectivity index (χ0n) is 13.9. The molecule has 2 N–H and O–H groups in total. The number of nitrogens with one attached hydrogen (secondary N) is 1. The third-order valence-corrected chi connectivity index (χ3v) is 5.76. The molecule has 0 aromatic carbocycles. The van der Waals surface area contributed by atoms with E-state index in [2.05, 4.69) is 22.1 Å². The summed E-state index contributed by atoms with van der Waals surface area (Å²) >= 11 is 1.47. The van der Waals surface area contributed by atoms with Crippen LogP contribution in [0.15, 0.2) is 5.38 Å². The molecule has 5 nitrogen and oxygen atoms in total. The lowest BCUT2D eigenvalue weighted by molar-refractivity contribution is -0.120. The van der Waals surface area contributed by atoms with E-state index in [0.717, 1.165) is 56.9 Å². The molecule has 0 bridgehead atoms. The number of likely N-dealkylation sites (tertiary alicyclic amines) is 1. The van der Waals surface area contributed by atoms with Gasteiger partial charge in [0.1, 0.15) is 0 Å². The second kappa shape index (κ2) is 7.28. The molecule has 3 rings (SSSR count). The first-order valence-corrected chi connectivity index (χ1v) is 9.59. The Morgan fingerprint density at radius 2 is 2.26 bits per heavy atom. The maximum absolute atomic E-state index is 12.1. The first-order chi connectivity index (χ1) is 11.0. The third kappa shape index (κ3) is 4.75. The van der Waals surface area contributed by atoms with E-state index in [0.29, 0.717) is 5.13 Å². The number of amides is 1. The Hall–Kier alpha value is -0.980. The molecule has 128 valence electrons. The quantitative estimate of drug-likeness (QED) is 0.867. The van der Waals surface area contributed by atoms with Crippen LogP contribution < -0.4 is 5.32 Å². The molecule has 1 aromatic rings. The summed E-state index contributed by atoms with van der Waals surface area (Å²) in [5.74, 6) is 0.635. The Morgan fingerprint density at radius 3 is 3.00 bits per heavy atom. The summed E-state index contributed by atoms with van der Waals surface area (Å²) in [5, 5.41) is 15.8. The van der Waals surface area contributed by atoms with Gasteiger partial charge in [-0.2, -0.15) is 0 Å². The lowest BCUT2D eigenvalue weighted by Crippen LogP contribution is -2.33. The molecule has 0 radical (unpaired) electrons. The van der Waals surface area contributed by atoms with E-state index in [1.807, 2.05) is 5.38 Å². The first kappa shape index (κ1) is 16.9. The molecule has 6 heteroatoms. The van der Waals surface area contributed by atoms with Gasteiger partial charge in [0.2, 0.25) is 5.91 Å². The summed E-state index contributed by atoms with van der Waals surface area (Å²) < 4.78 is 0. The second-order valence-corrected chi connectivity index (χ2v) is 8.14. The minimum atomic E-state index is -0.798. The zero-order valence-corrected chi connectivity index (χ0v) is 14.7. The Morgan fingerprint density at radius 1 is 1.48 bits per heavy atom. The van der Waals surface area contributed by atoms with Crippen LogP contribution in [0.25, 0.3) is 0 Å². The van der Waals surface area contributed by atoms with Crippen molar-refractivity contribution in [2.24, 2.45) is 5.92 Å². The fourth-order valence-electron chi connectivity index (χ4n) is 3.77. The topological polar surface area (TPSA) is 65.5 Å². The summed E-state index contributed by atoms with van der Waals surface area (Å²) in [6.45, 7) is 5.43. The van der Waals surface area contributed by atoms with E-state index in [-0.39, 0.29) is 12.3 Å². The summed E-state index contributed by atoms with van der Waals surface area (Å²) in [6.07, 6.45) is 6.25. The zero-order chi connectivity index (χ0) is 16.3. The van der Waals surface area contributed by atoms with Crippen molar-refractivity contribution in [3.8, 4) is 0 Å². The van der Waals surface area contributed by atoms with Gasteiger partial charge >= 0.3 is 0 Å². The number of carbonyl (C=O) groups excluding carboxylic acids is 1. The number of hydrogen-bond acceptors (Lipinski definition) is 5. The highest BCUT2D eigenvalue weighted by molar-refractivity contribution is 7.13. The number of anilines is 1. The van der Waals surface area contributed by atoms with Gasteiger partial charge in [0.05, 0.1) is 17.7 Å². The van der Waals surface area contributed by atoms with Gasteiger partial charge in [0, 0.05) is 18.5 Å². The highest BCUT2D eigenvalue weighted by Crippen LogP contribution is 2.32. The van der Waals surface area contributed by atoms with Crippen molar-refractivity contribution < 1.29 is 9.90 Å². The number of aliphatic hydroxyl groups is 1. The summed E-state index contributed by atoms with van der Waals surface area (Å²) in [6, 6.07) is 0. The summed E-state index contributed by atoms with van der Waals surface area (Å²) in [4.78, 5) is 19.1. The molecule has 2 aliphatic rings. The predicted molar refractivity (Wildman–Crippen MR) is 92.5 cm³/mol. The average Bonchev–Trinajstić information content (AvgIpc) is 3.08. The van der Waals surface area contributed by atoms with Gasteiger partial charge in [-0.25, -0.2) is 4.98 Å². The van der Waals surface area contributed by atoms with Gasteiger partial charge in [-0.15, -0.1) is 11.3 Å². The van der Waals surface area contributed by atoms with Crippen LogP contribution in [0.3, 0.4) is 0 Å². The monoisotopic (exact) mass is 337 g/mol. The smallest absolute Gasteiger partial charge is 0.229 e. The van der Waals surface area contributed by atoms with Crippen molar-refractivity contribution in [3.05, 3.63) is 11.1 Å². The van der Waals surface area contributed by atoms with Crippen LogP contribution in [0.2, 0.25) is 0 Å². The molecule has 1 aromatic heterocycles. The number of rotatable bonds is 5. The molecular weight excluding hydrogens is 310 g/mol. The van der Waals surface area contributed by atoms with Crippen LogP contribution in [-0.4, -0.2) is 39.6 Å². The molecule has 1 unspecified atom stereocenters. The van der Waals surface area contributed by atoms with E-state index < -0.39 is 5.60 Å². The number of carbonyl (C=O) groups is 1. The number of piperidine rings is 1. The highest BCUT2D eigenvalue weighted by Gasteiger charge is 2.33. The molecule has 2 heterocycles. The van der Waals surface area contributed by atoms with Crippen molar-refractivity contribution >= 4 is 22.4 Å². The van der Waals surface area contributed by atoms with Crippen LogP contribution in [0, 0.1) is 5.92 Å². The first-order valence-electron chi connectivity index (χ1n) is 8.71. The van der Waals surface area contributed by atoms with Crippen LogP contribution in [-0.2, 0) is 11.3 Å². The molecule has 23 heavy (non-hydrogen) atoms. The number of thiazole rings is 1. The predicted octanol–water partition coefficient (Wildman–Crippen LogP) is 3.01. The standard InChI is InChI=1S/C17H27N3O2S/c1-13-5-4-8-20(10-13)11-14-12-23-16(18-14)19-15(21)9-17(22)6-2-3-7-17/h12-13,22H,2-11H2,1H3,(H,18,19,21). The Balaban J connectivity index is 1.49. The summed E-state index contributed by atoms with van der Waals surface area (Å²) in [7, 11) is 0. The Bertz CT molecular complexity index is 540. The SMILES string of the molecule is CC1CCCN(Cc2csc(NC(=O)CC3(O)CCCC3)n2)C1. The van der Waals surface area contributed by atoms with Crippen LogP contribution in [0.4, 0.5) is 5.13 Å². The maximum Gasteiger partial charge on any atom is 0.229 e. The highest BCUT2D eigenvalue weighted by atomic mass is 32.1. The molecule has 1 aliphatic carbocycles. The van der Waals surface area contributed by atoms with Crippen molar-refractivity contribution in [2.45, 2.75) is 64.0 Å². The van der Waals surface area contributed by atoms with Crippen molar-refractivity contribution in [1.82, 2.24) is 9.88 Å². The van der Waals surface area contributed by atoms with E-state index >= 15 is 0 Å². The van der Waals surface area contributed by atoms with Crippen LogP contribution in [0.5, 0.6) is 0 Å². The van der Waals surface area contributed by atoms with Crippen molar-refractivity contribution in [1.29, 1.82) is 0 Å². The Labute approximate surface area is 142 Å².